The summed E-state index contributed by atoms with van der Waals surface area (Å²) < 4.78 is 30.8. The number of carbonyl (C=O) groups is 2. The molecule has 1 amide bonds. The number of nitrogens with one attached hydrogen (secondary N) is 1. The SMILES string of the molecule is CCNC(=O)CN(CC)S(=O)(=O)Cc1ccccc1C(=O)OC. The molecule has 0 bridgehead atoms. The number of sulfonamides is 1. The number of hydrogen-bond acceptors (Lipinski definition) is 5. The van der Waals surface area contributed by atoms with E-state index >= 15 is 0 Å². The fourth-order valence-corrected chi connectivity index (χ4v) is 3.60. The first-order valence-electron chi connectivity index (χ1n) is 7.26. The predicted octanol–water partition coefficient (Wildman–Crippen LogP) is 0.761. The number of esters is 1. The van der Waals surface area contributed by atoms with E-state index in [-0.39, 0.29) is 30.3 Å². The number of benzene rings is 1. The molecule has 0 atom stereocenters. The molecule has 1 aromatic carbocycles. The molecule has 0 saturated carbocycles. The lowest BCUT2D eigenvalue weighted by Gasteiger charge is -2.20. The van der Waals surface area contributed by atoms with Crippen LogP contribution >= 0.6 is 0 Å². The smallest absolute Gasteiger partial charge is 0.338 e. The average molecular weight is 342 g/mol. The Morgan fingerprint density at radius 1 is 1.22 bits per heavy atom. The molecule has 1 rings (SSSR count). The van der Waals surface area contributed by atoms with Crippen LogP contribution in [-0.2, 0) is 25.3 Å². The molecule has 1 N–H and O–H groups in total. The number of methoxy groups -OCH3 is 1. The van der Waals surface area contributed by atoms with Crippen LogP contribution in [0.4, 0.5) is 0 Å². The maximum Gasteiger partial charge on any atom is 0.338 e. The normalized spacial score (nSPS) is 11.3. The van der Waals surface area contributed by atoms with Crippen molar-refractivity contribution in [2.75, 3.05) is 26.7 Å². The standard InChI is InChI=1S/C15H22N2O5S/c1-4-16-14(18)10-17(5-2)23(20,21)11-12-8-6-7-9-13(12)15(19)22-3/h6-9H,4-5,10-11H2,1-3H3,(H,16,18). The molecule has 0 unspecified atom stereocenters. The van der Waals surface area contributed by atoms with Gasteiger partial charge in [0.25, 0.3) is 0 Å². The molecule has 0 aromatic heterocycles. The van der Waals surface area contributed by atoms with Gasteiger partial charge in [0.05, 0.1) is 25.0 Å². The van der Waals surface area contributed by atoms with Crippen molar-refractivity contribution in [3.05, 3.63) is 35.4 Å². The molecule has 7 nitrogen and oxygen atoms in total. The van der Waals surface area contributed by atoms with E-state index in [1.807, 2.05) is 0 Å². The Labute approximate surface area is 136 Å². The number of ether oxygens (including phenoxy) is 1. The van der Waals surface area contributed by atoms with Crippen LogP contribution in [0.1, 0.15) is 29.8 Å². The summed E-state index contributed by atoms with van der Waals surface area (Å²) in [5, 5.41) is 2.57. The van der Waals surface area contributed by atoms with Crippen LogP contribution in [-0.4, -0.2) is 51.3 Å². The van der Waals surface area contributed by atoms with Crippen LogP contribution in [0.5, 0.6) is 0 Å². The average Bonchev–Trinajstić information content (AvgIpc) is 2.52. The Morgan fingerprint density at radius 2 is 1.87 bits per heavy atom. The summed E-state index contributed by atoms with van der Waals surface area (Å²) in [4.78, 5) is 23.4. The summed E-state index contributed by atoms with van der Waals surface area (Å²) in [7, 11) is -2.50. The summed E-state index contributed by atoms with van der Waals surface area (Å²) in [6.07, 6.45) is 0. The molecule has 1 aromatic rings. The lowest BCUT2D eigenvalue weighted by molar-refractivity contribution is -0.121. The summed E-state index contributed by atoms with van der Waals surface area (Å²) in [6.45, 7) is 3.77. The Morgan fingerprint density at radius 3 is 2.43 bits per heavy atom. The van der Waals surface area contributed by atoms with Crippen molar-refractivity contribution in [3.8, 4) is 0 Å². The van der Waals surface area contributed by atoms with Crippen LogP contribution in [0, 0.1) is 0 Å². The molecule has 0 aliphatic heterocycles. The zero-order chi connectivity index (χ0) is 17.5. The van der Waals surface area contributed by atoms with Gasteiger partial charge < -0.3 is 10.1 Å². The molecule has 23 heavy (non-hydrogen) atoms. The first-order chi connectivity index (χ1) is 10.9. The van der Waals surface area contributed by atoms with Gasteiger partial charge in [0.15, 0.2) is 0 Å². The minimum atomic E-state index is -3.74. The zero-order valence-electron chi connectivity index (χ0n) is 13.5. The van der Waals surface area contributed by atoms with E-state index in [1.165, 1.54) is 13.2 Å². The summed E-state index contributed by atoms with van der Waals surface area (Å²) in [6, 6.07) is 6.35. The van der Waals surface area contributed by atoms with E-state index in [0.717, 1.165) is 4.31 Å². The largest absolute Gasteiger partial charge is 0.465 e. The van der Waals surface area contributed by atoms with E-state index in [0.29, 0.717) is 12.1 Å². The Kier molecular flexibility index (Phi) is 7.18. The topological polar surface area (TPSA) is 92.8 Å². The molecule has 0 radical (unpaired) electrons. The first kappa shape index (κ1) is 19.1. The third kappa shape index (κ3) is 5.33. The Bertz CT molecular complexity index is 658. The monoisotopic (exact) mass is 342 g/mol. The van der Waals surface area contributed by atoms with Crippen LogP contribution in [0.3, 0.4) is 0 Å². The summed E-state index contributed by atoms with van der Waals surface area (Å²) in [5.74, 6) is -1.33. The molecule has 0 aliphatic rings. The van der Waals surface area contributed by atoms with Gasteiger partial charge in [0.2, 0.25) is 15.9 Å². The molecular weight excluding hydrogens is 320 g/mol. The van der Waals surface area contributed by atoms with Gasteiger partial charge in [-0.2, -0.15) is 4.31 Å². The lowest BCUT2D eigenvalue weighted by atomic mass is 10.1. The van der Waals surface area contributed by atoms with Gasteiger partial charge in [-0.15, -0.1) is 0 Å². The lowest BCUT2D eigenvalue weighted by Crippen LogP contribution is -2.41. The molecule has 0 saturated heterocycles. The van der Waals surface area contributed by atoms with Crippen molar-refractivity contribution in [1.82, 2.24) is 9.62 Å². The van der Waals surface area contributed by atoms with E-state index in [2.05, 4.69) is 10.1 Å². The number of nitrogens with zero attached hydrogens (tertiary/aromatic N) is 1. The second-order valence-electron chi connectivity index (χ2n) is 4.78. The molecule has 8 heteroatoms. The van der Waals surface area contributed by atoms with Gasteiger partial charge in [0, 0.05) is 13.1 Å². The highest BCUT2D eigenvalue weighted by molar-refractivity contribution is 7.88. The minimum absolute atomic E-state index is 0.167. The van der Waals surface area contributed by atoms with Crippen molar-refractivity contribution in [1.29, 1.82) is 0 Å². The zero-order valence-corrected chi connectivity index (χ0v) is 14.4. The maximum atomic E-state index is 12.5. The molecule has 0 heterocycles. The van der Waals surface area contributed by atoms with Crippen molar-refractivity contribution >= 4 is 21.9 Å². The number of likely N-dealkylation sites (N-methyl/N-ethyl adjacent to an activating group) is 2. The third-order valence-corrected chi connectivity index (χ3v) is 5.05. The van der Waals surface area contributed by atoms with Gasteiger partial charge in [-0.3, -0.25) is 4.79 Å². The third-order valence-electron chi connectivity index (χ3n) is 3.20. The maximum absolute atomic E-state index is 12.5. The molecule has 128 valence electrons. The van der Waals surface area contributed by atoms with Crippen LogP contribution in [0.15, 0.2) is 24.3 Å². The summed E-state index contributed by atoms with van der Waals surface area (Å²) >= 11 is 0. The van der Waals surface area contributed by atoms with Gasteiger partial charge in [-0.1, -0.05) is 25.1 Å². The highest BCUT2D eigenvalue weighted by Crippen LogP contribution is 2.16. The summed E-state index contributed by atoms with van der Waals surface area (Å²) in [5.41, 5.74) is 0.543. The van der Waals surface area contributed by atoms with Gasteiger partial charge in [-0.05, 0) is 18.6 Å². The van der Waals surface area contributed by atoms with E-state index in [4.69, 9.17) is 0 Å². The van der Waals surface area contributed by atoms with Crippen molar-refractivity contribution in [2.24, 2.45) is 0 Å². The van der Waals surface area contributed by atoms with Crippen molar-refractivity contribution in [3.63, 3.8) is 0 Å². The Balaban J connectivity index is 3.01. The predicted molar refractivity (Wildman–Crippen MR) is 86.3 cm³/mol. The minimum Gasteiger partial charge on any atom is -0.465 e. The Hall–Kier alpha value is -1.93. The van der Waals surface area contributed by atoms with Gasteiger partial charge in [-0.25, -0.2) is 13.2 Å². The number of hydrogen-bond donors (Lipinski definition) is 1. The number of carbonyl (C=O) groups excluding carboxylic acids is 2. The van der Waals surface area contributed by atoms with Crippen LogP contribution < -0.4 is 5.32 Å². The highest BCUT2D eigenvalue weighted by Gasteiger charge is 2.25. The molecule has 0 spiro atoms. The second-order valence-corrected chi connectivity index (χ2v) is 6.75. The molecule has 0 aliphatic carbocycles. The van der Waals surface area contributed by atoms with Crippen LogP contribution in [0.2, 0.25) is 0 Å². The van der Waals surface area contributed by atoms with E-state index in [1.54, 1.807) is 32.0 Å². The highest BCUT2D eigenvalue weighted by atomic mass is 32.2. The van der Waals surface area contributed by atoms with Crippen molar-refractivity contribution < 1.29 is 22.7 Å². The second kappa shape index (κ2) is 8.64. The van der Waals surface area contributed by atoms with E-state index < -0.39 is 16.0 Å². The fourth-order valence-electron chi connectivity index (χ4n) is 2.06. The quantitative estimate of drug-likeness (QED) is 0.704. The number of amides is 1. The van der Waals surface area contributed by atoms with E-state index in [9.17, 15) is 18.0 Å². The van der Waals surface area contributed by atoms with Crippen LogP contribution in [0.25, 0.3) is 0 Å². The number of rotatable bonds is 8. The first-order valence-corrected chi connectivity index (χ1v) is 8.87. The van der Waals surface area contributed by atoms with Crippen molar-refractivity contribution in [2.45, 2.75) is 19.6 Å². The fraction of sp³-hybridized carbons (Fsp3) is 0.467. The molecular formula is C15H22N2O5S. The molecule has 0 fully saturated rings. The van der Waals surface area contributed by atoms with Gasteiger partial charge >= 0.3 is 5.97 Å². The van der Waals surface area contributed by atoms with Gasteiger partial charge in [0.1, 0.15) is 0 Å².